The van der Waals surface area contributed by atoms with Crippen molar-refractivity contribution < 1.29 is 9.90 Å². The highest BCUT2D eigenvalue weighted by Gasteiger charge is 2.18. The first-order valence-corrected chi connectivity index (χ1v) is 7.64. The van der Waals surface area contributed by atoms with Crippen LogP contribution in [0.2, 0.25) is 10.2 Å². The predicted molar refractivity (Wildman–Crippen MR) is 82.3 cm³/mol. The van der Waals surface area contributed by atoms with Crippen molar-refractivity contribution in [2.24, 2.45) is 0 Å². The Balaban J connectivity index is 2.29. The van der Waals surface area contributed by atoms with E-state index in [1.807, 2.05) is 0 Å². The lowest BCUT2D eigenvalue weighted by molar-refractivity contribution is 0.0690. The van der Waals surface area contributed by atoms with Gasteiger partial charge < -0.3 is 5.11 Å². The van der Waals surface area contributed by atoms with E-state index in [0.29, 0.717) is 32.5 Å². The van der Waals surface area contributed by atoms with Gasteiger partial charge in [-0.1, -0.05) is 23.2 Å². The highest BCUT2D eigenvalue weighted by atomic mass is 35.5. The molecule has 0 aliphatic rings. The first kappa shape index (κ1) is 16.0. The molecule has 110 valence electrons. The quantitative estimate of drug-likeness (QED) is 0.517. The third-order valence-corrected chi connectivity index (χ3v) is 4.23. The van der Waals surface area contributed by atoms with Crippen LogP contribution in [-0.4, -0.2) is 26.0 Å². The molecule has 0 aromatic carbocycles. The van der Waals surface area contributed by atoms with Gasteiger partial charge in [-0.25, -0.2) is 19.7 Å². The highest BCUT2D eigenvalue weighted by Crippen LogP contribution is 2.29. The molecule has 2 aromatic rings. The number of carboxylic acid groups (broad SMARTS) is 1. The van der Waals surface area contributed by atoms with Gasteiger partial charge >= 0.3 is 5.97 Å². The molecule has 1 N–H and O–H groups in total. The van der Waals surface area contributed by atoms with Crippen LogP contribution < -0.4 is 0 Å². The molecule has 2 aromatic heterocycles. The molecule has 0 unspecified atom stereocenters. The lowest BCUT2D eigenvalue weighted by Crippen LogP contribution is -2.08. The molecular formula is C13H11Cl2N3O2S. The van der Waals surface area contributed by atoms with Crippen LogP contribution in [0.15, 0.2) is 17.3 Å². The Kier molecular flexibility index (Phi) is 5.03. The highest BCUT2D eigenvalue weighted by molar-refractivity contribution is 7.98. The van der Waals surface area contributed by atoms with E-state index in [1.165, 1.54) is 11.8 Å². The smallest absolute Gasteiger partial charge is 0.340 e. The van der Waals surface area contributed by atoms with Crippen LogP contribution in [-0.2, 0) is 5.75 Å². The van der Waals surface area contributed by atoms with Gasteiger partial charge in [0.2, 0.25) is 0 Å². The number of aromatic nitrogens is 3. The normalized spacial score (nSPS) is 10.7. The van der Waals surface area contributed by atoms with Crippen molar-refractivity contribution in [1.29, 1.82) is 0 Å². The lowest BCUT2D eigenvalue weighted by Gasteiger charge is -2.09. The SMILES string of the molecule is Cc1nc(C)c(C(=O)O)c(SCc2cnc(Cl)cc2Cl)n1. The van der Waals surface area contributed by atoms with Crippen LogP contribution in [0.3, 0.4) is 0 Å². The summed E-state index contributed by atoms with van der Waals surface area (Å²) in [5.74, 6) is -0.0743. The predicted octanol–water partition coefficient (Wildman–Crippen LogP) is 3.79. The van der Waals surface area contributed by atoms with Crippen molar-refractivity contribution in [1.82, 2.24) is 15.0 Å². The van der Waals surface area contributed by atoms with Gasteiger partial charge in [0.1, 0.15) is 21.6 Å². The zero-order valence-corrected chi connectivity index (χ0v) is 13.6. The van der Waals surface area contributed by atoms with E-state index in [-0.39, 0.29) is 5.56 Å². The summed E-state index contributed by atoms with van der Waals surface area (Å²) >= 11 is 13.1. The van der Waals surface area contributed by atoms with E-state index in [0.717, 1.165) is 5.56 Å². The standard InChI is InChI=1S/C13H11Cl2N3O2S/c1-6-11(13(19)20)12(18-7(2)17-6)21-5-8-4-16-10(15)3-9(8)14/h3-4H,5H2,1-2H3,(H,19,20). The minimum absolute atomic E-state index is 0.114. The maximum Gasteiger partial charge on any atom is 0.340 e. The summed E-state index contributed by atoms with van der Waals surface area (Å²) in [5, 5.41) is 10.5. The first-order chi connectivity index (χ1) is 9.88. The summed E-state index contributed by atoms with van der Waals surface area (Å²) in [4.78, 5) is 23.6. The second kappa shape index (κ2) is 6.60. The van der Waals surface area contributed by atoms with Crippen LogP contribution in [0.1, 0.15) is 27.4 Å². The Morgan fingerprint density at radius 3 is 2.67 bits per heavy atom. The van der Waals surface area contributed by atoms with Gasteiger partial charge in [-0.2, -0.15) is 0 Å². The Labute approximate surface area is 135 Å². The van der Waals surface area contributed by atoms with Gasteiger partial charge in [0, 0.05) is 17.0 Å². The van der Waals surface area contributed by atoms with Gasteiger partial charge in [0.15, 0.2) is 0 Å². The van der Waals surface area contributed by atoms with Gasteiger partial charge in [-0.15, -0.1) is 11.8 Å². The van der Waals surface area contributed by atoms with Gasteiger partial charge in [0.25, 0.3) is 0 Å². The molecule has 2 heterocycles. The van der Waals surface area contributed by atoms with Crippen LogP contribution in [0.4, 0.5) is 0 Å². The fourth-order valence-electron chi connectivity index (χ4n) is 1.72. The number of halogens is 2. The largest absolute Gasteiger partial charge is 0.478 e. The van der Waals surface area contributed by atoms with Crippen LogP contribution in [0.25, 0.3) is 0 Å². The summed E-state index contributed by atoms with van der Waals surface area (Å²) in [6.07, 6.45) is 1.57. The fourth-order valence-corrected chi connectivity index (χ4v) is 3.33. The minimum atomic E-state index is -1.05. The molecule has 0 saturated heterocycles. The summed E-state index contributed by atoms with van der Waals surface area (Å²) < 4.78 is 0. The number of rotatable bonds is 4. The van der Waals surface area contributed by atoms with Crippen molar-refractivity contribution in [3.63, 3.8) is 0 Å². The number of carbonyl (C=O) groups is 1. The maximum atomic E-state index is 11.3. The molecular weight excluding hydrogens is 333 g/mol. The van der Waals surface area contributed by atoms with Gasteiger partial charge in [-0.05, 0) is 25.5 Å². The summed E-state index contributed by atoms with van der Waals surface area (Å²) in [7, 11) is 0. The Morgan fingerprint density at radius 1 is 1.33 bits per heavy atom. The molecule has 8 heteroatoms. The molecule has 0 radical (unpaired) electrons. The second-order valence-electron chi connectivity index (χ2n) is 4.23. The van der Waals surface area contributed by atoms with Crippen molar-refractivity contribution >= 4 is 40.9 Å². The number of aromatic carboxylic acids is 1. The molecule has 0 bridgehead atoms. The Morgan fingerprint density at radius 2 is 2.05 bits per heavy atom. The first-order valence-electron chi connectivity index (χ1n) is 5.89. The van der Waals surface area contributed by atoms with Crippen molar-refractivity contribution in [2.75, 3.05) is 0 Å². The second-order valence-corrected chi connectivity index (χ2v) is 5.99. The summed E-state index contributed by atoms with van der Waals surface area (Å²) in [6, 6.07) is 1.55. The van der Waals surface area contributed by atoms with Crippen molar-refractivity contribution in [3.05, 3.63) is 45.1 Å². The minimum Gasteiger partial charge on any atom is -0.478 e. The molecule has 5 nitrogen and oxygen atoms in total. The molecule has 21 heavy (non-hydrogen) atoms. The van der Waals surface area contributed by atoms with Crippen LogP contribution in [0.5, 0.6) is 0 Å². The average Bonchev–Trinajstić information content (AvgIpc) is 2.36. The number of hydrogen-bond donors (Lipinski definition) is 1. The third-order valence-electron chi connectivity index (χ3n) is 2.64. The van der Waals surface area contributed by atoms with Gasteiger partial charge in [-0.3, -0.25) is 0 Å². The van der Waals surface area contributed by atoms with Gasteiger partial charge in [0.05, 0.1) is 5.69 Å². The molecule has 2 rings (SSSR count). The van der Waals surface area contributed by atoms with E-state index in [2.05, 4.69) is 15.0 Å². The molecule has 0 aliphatic carbocycles. The Hall–Kier alpha value is -1.37. The molecule has 0 spiro atoms. The fraction of sp³-hybridized carbons (Fsp3) is 0.231. The van der Waals surface area contributed by atoms with E-state index >= 15 is 0 Å². The van der Waals surface area contributed by atoms with E-state index < -0.39 is 5.97 Å². The maximum absolute atomic E-state index is 11.3. The monoisotopic (exact) mass is 343 g/mol. The van der Waals surface area contributed by atoms with E-state index in [4.69, 9.17) is 23.2 Å². The number of carboxylic acids is 1. The zero-order chi connectivity index (χ0) is 15.6. The molecule has 0 atom stereocenters. The molecule has 0 saturated carbocycles. The van der Waals surface area contributed by atoms with Crippen LogP contribution >= 0.6 is 35.0 Å². The van der Waals surface area contributed by atoms with Crippen molar-refractivity contribution in [2.45, 2.75) is 24.6 Å². The van der Waals surface area contributed by atoms with Crippen molar-refractivity contribution in [3.8, 4) is 0 Å². The zero-order valence-electron chi connectivity index (χ0n) is 11.2. The van der Waals surface area contributed by atoms with E-state index in [1.54, 1.807) is 26.1 Å². The topological polar surface area (TPSA) is 76.0 Å². The molecule has 0 aliphatic heterocycles. The summed E-state index contributed by atoms with van der Waals surface area (Å²) in [5.41, 5.74) is 1.32. The Bertz CT molecular complexity index is 710. The molecule has 0 fully saturated rings. The number of aryl methyl sites for hydroxylation is 2. The number of hydrogen-bond acceptors (Lipinski definition) is 5. The lowest BCUT2D eigenvalue weighted by atomic mass is 10.2. The average molecular weight is 344 g/mol. The molecule has 0 amide bonds. The van der Waals surface area contributed by atoms with Crippen LogP contribution in [0, 0.1) is 13.8 Å². The number of pyridine rings is 1. The van der Waals surface area contributed by atoms with E-state index in [9.17, 15) is 9.90 Å². The number of nitrogens with zero attached hydrogens (tertiary/aromatic N) is 3. The number of thioether (sulfide) groups is 1. The summed E-state index contributed by atoms with van der Waals surface area (Å²) in [6.45, 7) is 3.37. The third kappa shape index (κ3) is 3.84.